The highest BCUT2D eigenvalue weighted by Gasteiger charge is 2.15. The van der Waals surface area contributed by atoms with Gasteiger partial charge in [0.15, 0.2) is 0 Å². The zero-order valence-corrected chi connectivity index (χ0v) is 37.6. The molecule has 0 aromatic heterocycles. The summed E-state index contributed by atoms with van der Waals surface area (Å²) >= 11 is 0. The zero-order chi connectivity index (χ0) is 42.2. The van der Waals surface area contributed by atoms with Gasteiger partial charge in [0.25, 0.3) is 0 Å². The molecular weight excluding hydrogens is 725 g/mol. The minimum Gasteiger partial charge on any atom is -0.466 e. The minimum atomic E-state index is -0.375. The quantitative estimate of drug-likeness (QED) is 0.0350. The molecule has 0 saturated heterocycles. The van der Waals surface area contributed by atoms with Crippen molar-refractivity contribution in [2.75, 3.05) is 65.6 Å². The first-order valence-electron chi connectivity index (χ1n) is 23.4. The molecule has 2 N–H and O–H groups in total. The number of nitrogens with one attached hydrogen (secondary N) is 2. The number of esters is 2. The van der Waals surface area contributed by atoms with E-state index in [2.05, 4.69) is 48.1 Å². The molecular formula is C45H88N4O8. The van der Waals surface area contributed by atoms with Crippen LogP contribution in [0.1, 0.15) is 189 Å². The van der Waals surface area contributed by atoms with E-state index in [0.29, 0.717) is 65.1 Å². The highest BCUT2D eigenvalue weighted by molar-refractivity contribution is 5.70. The van der Waals surface area contributed by atoms with Crippen LogP contribution in [0.5, 0.6) is 0 Å². The fraction of sp³-hybridized carbons (Fsp3) is 0.911. The van der Waals surface area contributed by atoms with Crippen molar-refractivity contribution in [1.29, 1.82) is 0 Å². The Bertz CT molecular complexity index is 902. The second-order valence-electron chi connectivity index (χ2n) is 15.4. The predicted octanol–water partition coefficient (Wildman–Crippen LogP) is 9.96. The molecule has 0 aliphatic rings. The second kappa shape index (κ2) is 40.2. The maximum absolute atomic E-state index is 12.6. The van der Waals surface area contributed by atoms with Crippen molar-refractivity contribution in [2.45, 2.75) is 201 Å². The van der Waals surface area contributed by atoms with Gasteiger partial charge >= 0.3 is 24.1 Å². The van der Waals surface area contributed by atoms with E-state index in [1.54, 1.807) is 0 Å². The van der Waals surface area contributed by atoms with Gasteiger partial charge in [-0.3, -0.25) is 9.59 Å². The van der Waals surface area contributed by atoms with Crippen molar-refractivity contribution >= 4 is 24.1 Å². The van der Waals surface area contributed by atoms with E-state index in [4.69, 9.17) is 18.9 Å². The lowest BCUT2D eigenvalue weighted by Gasteiger charge is -2.24. The van der Waals surface area contributed by atoms with Crippen molar-refractivity contribution in [3.63, 3.8) is 0 Å². The third-order valence-corrected chi connectivity index (χ3v) is 10.5. The second-order valence-corrected chi connectivity index (χ2v) is 15.4. The number of alkyl carbamates (subject to hydrolysis) is 2. The summed E-state index contributed by atoms with van der Waals surface area (Å²) in [6.07, 6.45) is 21.4. The number of rotatable bonds is 40. The van der Waals surface area contributed by atoms with Crippen LogP contribution in [-0.2, 0) is 28.5 Å². The number of carbonyl (C=O) groups excluding carboxylic acids is 4. The van der Waals surface area contributed by atoms with Crippen molar-refractivity contribution in [3.8, 4) is 0 Å². The lowest BCUT2D eigenvalue weighted by Crippen LogP contribution is -2.33. The summed E-state index contributed by atoms with van der Waals surface area (Å²) in [5, 5.41) is 5.65. The molecule has 2 atom stereocenters. The molecule has 0 fully saturated rings. The lowest BCUT2D eigenvalue weighted by atomic mass is 10.1. The smallest absolute Gasteiger partial charge is 0.407 e. The Morgan fingerprint density at radius 2 is 0.860 bits per heavy atom. The van der Waals surface area contributed by atoms with Gasteiger partial charge in [-0.1, -0.05) is 106 Å². The van der Waals surface area contributed by atoms with Gasteiger partial charge in [0.2, 0.25) is 0 Å². The number of hydrogen-bond acceptors (Lipinski definition) is 10. The minimum absolute atomic E-state index is 0.0459. The Hall–Kier alpha value is -2.60. The van der Waals surface area contributed by atoms with Crippen molar-refractivity contribution in [3.05, 3.63) is 0 Å². The molecule has 0 bridgehead atoms. The Morgan fingerprint density at radius 1 is 0.456 bits per heavy atom. The third-order valence-electron chi connectivity index (χ3n) is 10.5. The summed E-state index contributed by atoms with van der Waals surface area (Å²) in [5.41, 5.74) is 0. The Morgan fingerprint density at radius 3 is 1.26 bits per heavy atom. The van der Waals surface area contributed by atoms with Gasteiger partial charge in [-0.25, -0.2) is 9.59 Å². The van der Waals surface area contributed by atoms with Gasteiger partial charge in [-0.15, -0.1) is 0 Å². The summed E-state index contributed by atoms with van der Waals surface area (Å²) in [6, 6.07) is 0. The number of unbranched alkanes of at least 4 members (excludes halogenated alkanes) is 12. The van der Waals surface area contributed by atoms with Crippen LogP contribution >= 0.6 is 0 Å². The molecule has 0 aliphatic heterocycles. The molecule has 0 saturated carbocycles. The molecule has 12 heteroatoms. The molecule has 0 spiro atoms. The molecule has 0 rings (SSSR count). The third kappa shape index (κ3) is 35.1. The van der Waals surface area contributed by atoms with Crippen LogP contribution < -0.4 is 10.6 Å². The van der Waals surface area contributed by atoms with Gasteiger partial charge < -0.3 is 39.4 Å². The highest BCUT2D eigenvalue weighted by atomic mass is 16.6. The number of nitrogens with zero attached hydrogens (tertiary/aromatic N) is 2. The van der Waals surface area contributed by atoms with Crippen molar-refractivity contribution in [2.24, 2.45) is 0 Å². The summed E-state index contributed by atoms with van der Waals surface area (Å²) in [5.74, 6) is -0.528. The standard InChI is InChI=1S/C45H88N4O8/c1-7-13-15-17-19-21-28-40(9-3)56-44(52)46-32-23-25-38-54-42(50)30-36-49(35-27-34-48(11-5)12-6)37-31-43(51)55-39-26-24-33-47-45(53)57-41(10-4)29-22-20-18-16-14-8-2/h40-41H,7-39H2,1-6H3,(H,46,52)(H,47,53). The maximum atomic E-state index is 12.6. The summed E-state index contributed by atoms with van der Waals surface area (Å²) in [4.78, 5) is 54.1. The predicted molar refractivity (Wildman–Crippen MR) is 232 cm³/mol. The lowest BCUT2D eigenvalue weighted by molar-refractivity contribution is -0.144. The summed E-state index contributed by atoms with van der Waals surface area (Å²) in [7, 11) is 0. The Kier molecular flexibility index (Phi) is 38.4. The Labute approximate surface area is 349 Å². The first-order chi connectivity index (χ1) is 27.7. The average molecular weight is 813 g/mol. The van der Waals surface area contributed by atoms with Crippen LogP contribution in [0, 0.1) is 0 Å². The molecule has 0 aromatic rings. The van der Waals surface area contributed by atoms with Gasteiger partial charge in [0.1, 0.15) is 12.2 Å². The van der Waals surface area contributed by atoms with Crippen LogP contribution in [0.15, 0.2) is 0 Å². The van der Waals surface area contributed by atoms with E-state index in [0.717, 1.165) is 71.1 Å². The first kappa shape index (κ1) is 54.4. The number of carbonyl (C=O) groups is 4. The number of amides is 2. The van der Waals surface area contributed by atoms with E-state index in [9.17, 15) is 19.2 Å². The van der Waals surface area contributed by atoms with Crippen LogP contribution in [0.3, 0.4) is 0 Å². The molecule has 2 amide bonds. The van der Waals surface area contributed by atoms with E-state index < -0.39 is 0 Å². The SMILES string of the molecule is CCCCCCCCC(CC)OC(=O)NCCCCOC(=O)CCN(CCCN(CC)CC)CCC(=O)OCCCCNC(=O)OC(CC)CCCCCCCC. The van der Waals surface area contributed by atoms with E-state index >= 15 is 0 Å². The summed E-state index contributed by atoms with van der Waals surface area (Å²) in [6.45, 7) is 19.1. The van der Waals surface area contributed by atoms with Crippen LogP contribution in [0.25, 0.3) is 0 Å². The topological polar surface area (TPSA) is 136 Å². The normalized spacial score (nSPS) is 12.4. The molecule has 2 unspecified atom stereocenters. The molecule has 0 heterocycles. The first-order valence-corrected chi connectivity index (χ1v) is 23.4. The van der Waals surface area contributed by atoms with Crippen LogP contribution in [0.4, 0.5) is 9.59 Å². The number of ether oxygens (including phenoxy) is 4. The fourth-order valence-electron chi connectivity index (χ4n) is 6.63. The van der Waals surface area contributed by atoms with E-state index in [-0.39, 0.29) is 49.2 Å². The summed E-state index contributed by atoms with van der Waals surface area (Å²) < 4.78 is 22.1. The van der Waals surface area contributed by atoms with Gasteiger partial charge in [-0.05, 0) is 96.8 Å². The van der Waals surface area contributed by atoms with Gasteiger partial charge in [0, 0.05) is 26.2 Å². The largest absolute Gasteiger partial charge is 0.466 e. The van der Waals surface area contributed by atoms with Crippen LogP contribution in [0.2, 0.25) is 0 Å². The average Bonchev–Trinajstić information content (AvgIpc) is 3.21. The fourth-order valence-corrected chi connectivity index (χ4v) is 6.63. The van der Waals surface area contributed by atoms with E-state index in [1.807, 2.05) is 13.8 Å². The Balaban J connectivity index is 4.33. The molecule has 0 radical (unpaired) electrons. The molecule has 0 aliphatic carbocycles. The molecule has 12 nitrogen and oxygen atoms in total. The monoisotopic (exact) mass is 813 g/mol. The van der Waals surface area contributed by atoms with Crippen molar-refractivity contribution in [1.82, 2.24) is 20.4 Å². The highest BCUT2D eigenvalue weighted by Crippen LogP contribution is 2.14. The molecule has 336 valence electrons. The number of hydrogen-bond donors (Lipinski definition) is 2. The van der Waals surface area contributed by atoms with Crippen LogP contribution in [-0.4, -0.2) is 112 Å². The van der Waals surface area contributed by atoms with Gasteiger partial charge in [-0.2, -0.15) is 0 Å². The van der Waals surface area contributed by atoms with Gasteiger partial charge in [0.05, 0.1) is 26.1 Å². The molecule has 0 aromatic carbocycles. The molecule has 57 heavy (non-hydrogen) atoms. The van der Waals surface area contributed by atoms with E-state index in [1.165, 1.54) is 64.2 Å². The van der Waals surface area contributed by atoms with Crippen molar-refractivity contribution < 1.29 is 38.1 Å². The zero-order valence-electron chi connectivity index (χ0n) is 37.6. The maximum Gasteiger partial charge on any atom is 0.407 e.